The summed E-state index contributed by atoms with van der Waals surface area (Å²) in [6, 6.07) is 0. The zero-order valence-electron chi connectivity index (χ0n) is 15.4. The zero-order chi connectivity index (χ0) is 15.4. The van der Waals surface area contributed by atoms with Gasteiger partial charge in [0, 0.05) is 24.2 Å². The van der Waals surface area contributed by atoms with Crippen LogP contribution in [0.3, 0.4) is 0 Å². The Morgan fingerprint density at radius 3 is 0.789 bits per heavy atom. The molecule has 4 atom stereocenters. The molecule has 0 bridgehead atoms. The van der Waals surface area contributed by atoms with Crippen LogP contribution in [0, 0.1) is 11.8 Å². The van der Waals surface area contributed by atoms with Gasteiger partial charge in [-0.05, 0) is 28.5 Å². The van der Waals surface area contributed by atoms with Crippen molar-refractivity contribution in [2.45, 2.75) is 89.4 Å². The van der Waals surface area contributed by atoms with Crippen LogP contribution in [0.25, 0.3) is 0 Å². The van der Waals surface area contributed by atoms with Crippen molar-refractivity contribution in [2.75, 3.05) is 0 Å². The van der Waals surface area contributed by atoms with Gasteiger partial charge in [0.1, 0.15) is 0 Å². The lowest BCUT2D eigenvalue weighted by molar-refractivity contribution is 0.447. The highest BCUT2D eigenvalue weighted by Crippen LogP contribution is 2.66. The predicted octanol–water partition coefficient (Wildman–Crippen LogP) is 6.40. The van der Waals surface area contributed by atoms with Gasteiger partial charge < -0.3 is 0 Å². The Morgan fingerprint density at radius 1 is 0.421 bits per heavy atom. The molecule has 4 unspecified atom stereocenters. The van der Waals surface area contributed by atoms with Crippen molar-refractivity contribution >= 4 is 24.2 Å². The first kappa shape index (κ1) is 17.7. The van der Waals surface area contributed by atoms with Gasteiger partial charge >= 0.3 is 0 Å². The summed E-state index contributed by atoms with van der Waals surface area (Å²) >= 11 is 0. The van der Waals surface area contributed by atoms with E-state index < -0.39 is 24.2 Å². The maximum atomic E-state index is 2.64. The van der Waals surface area contributed by atoms with Crippen LogP contribution in [0.15, 0.2) is 0 Å². The van der Waals surface area contributed by atoms with Gasteiger partial charge in [-0.2, -0.15) is 0 Å². The molecule has 1 fully saturated rings. The van der Waals surface area contributed by atoms with E-state index in [4.69, 9.17) is 0 Å². The molecule has 0 spiro atoms. The summed E-state index contributed by atoms with van der Waals surface area (Å²) in [4.78, 5) is 0. The first-order chi connectivity index (χ1) is 8.19. The third-order valence-electron chi connectivity index (χ3n) is 5.74. The summed E-state index contributed by atoms with van der Waals surface area (Å²) in [5, 5.41) is 0. The molecule has 0 heterocycles. The van der Waals surface area contributed by atoms with Crippen molar-refractivity contribution in [2.24, 2.45) is 11.8 Å². The molecule has 1 rings (SSSR count). The Bertz CT molecular complexity index is 290. The van der Waals surface area contributed by atoms with Crippen molar-refractivity contribution in [3.63, 3.8) is 0 Å². The topological polar surface area (TPSA) is 0 Å². The summed E-state index contributed by atoms with van der Waals surface area (Å²) in [5.74, 6) is 1.92. The SMILES string of the molecule is CC1C(C)C([Si](C)(C)C)C([Si](C)(C)C)C1[Si](C)(C)C. The van der Waals surface area contributed by atoms with E-state index in [-0.39, 0.29) is 0 Å². The largest absolute Gasteiger partial charge is 0.0693 e. The van der Waals surface area contributed by atoms with E-state index >= 15 is 0 Å². The van der Waals surface area contributed by atoms with Crippen LogP contribution < -0.4 is 0 Å². The third kappa shape index (κ3) is 3.46. The van der Waals surface area contributed by atoms with Crippen LogP contribution >= 0.6 is 0 Å². The lowest BCUT2D eigenvalue weighted by atomic mass is 10.0. The lowest BCUT2D eigenvalue weighted by Crippen LogP contribution is -2.44. The molecule has 0 aromatic heterocycles. The fourth-order valence-electron chi connectivity index (χ4n) is 5.26. The van der Waals surface area contributed by atoms with E-state index in [0.29, 0.717) is 0 Å². The van der Waals surface area contributed by atoms with Gasteiger partial charge in [0.25, 0.3) is 0 Å². The molecule has 0 N–H and O–H groups in total. The highest BCUT2D eigenvalue weighted by molar-refractivity contribution is 6.87. The molecular formula is C16H38Si3. The molecule has 0 saturated heterocycles. The molecule has 0 aliphatic heterocycles. The Morgan fingerprint density at radius 2 is 0.632 bits per heavy atom. The fraction of sp³-hybridized carbons (Fsp3) is 1.00. The Hall–Kier alpha value is 0.651. The lowest BCUT2D eigenvalue weighted by Gasteiger charge is -2.45. The molecule has 0 aromatic carbocycles. The second kappa shape index (κ2) is 5.13. The van der Waals surface area contributed by atoms with E-state index in [0.717, 1.165) is 28.5 Å². The fourth-order valence-corrected chi connectivity index (χ4v) is 20.5. The Balaban J connectivity index is 3.34. The highest BCUT2D eigenvalue weighted by atomic mass is 28.3. The van der Waals surface area contributed by atoms with Gasteiger partial charge in [0.15, 0.2) is 0 Å². The smallest absolute Gasteiger partial charge is 0.0476 e. The molecule has 19 heavy (non-hydrogen) atoms. The van der Waals surface area contributed by atoms with Crippen molar-refractivity contribution in [3.8, 4) is 0 Å². The number of hydrogen-bond donors (Lipinski definition) is 0. The summed E-state index contributed by atoms with van der Waals surface area (Å²) < 4.78 is 0. The average Bonchev–Trinajstić information content (AvgIpc) is 2.36. The predicted molar refractivity (Wildman–Crippen MR) is 99.6 cm³/mol. The standard InChI is InChI=1S/C16H38Si3/c1-12-13(2)15(18(6,7)8)16(19(9,10)11)14(12)17(3,4)5/h12-16H,1-11H3. The Kier molecular flexibility index (Phi) is 4.78. The third-order valence-corrected chi connectivity index (χ3v) is 14.9. The molecule has 0 amide bonds. The van der Waals surface area contributed by atoms with Crippen molar-refractivity contribution in [3.05, 3.63) is 0 Å². The minimum Gasteiger partial charge on any atom is -0.0693 e. The summed E-state index contributed by atoms with van der Waals surface area (Å²) in [5.41, 5.74) is 3.20. The maximum absolute atomic E-state index is 2.64. The summed E-state index contributed by atoms with van der Waals surface area (Å²) in [6.45, 7) is 28.8. The monoisotopic (exact) mass is 314 g/mol. The average molecular weight is 315 g/mol. The second-order valence-corrected chi connectivity index (χ2v) is 26.6. The molecule has 1 aliphatic rings. The summed E-state index contributed by atoms with van der Waals surface area (Å²) in [6.07, 6.45) is 0. The molecule has 0 radical (unpaired) electrons. The molecule has 3 heteroatoms. The highest BCUT2D eigenvalue weighted by Gasteiger charge is 2.57. The van der Waals surface area contributed by atoms with Crippen LogP contribution in [0.1, 0.15) is 13.8 Å². The quantitative estimate of drug-likeness (QED) is 0.529. The van der Waals surface area contributed by atoms with Gasteiger partial charge in [-0.1, -0.05) is 72.8 Å². The van der Waals surface area contributed by atoms with Gasteiger partial charge in [-0.3, -0.25) is 0 Å². The second-order valence-electron chi connectivity index (χ2n) is 10.4. The van der Waals surface area contributed by atoms with Gasteiger partial charge in [-0.15, -0.1) is 0 Å². The molecule has 0 nitrogen and oxygen atoms in total. The van der Waals surface area contributed by atoms with Crippen LogP contribution in [0.5, 0.6) is 0 Å². The van der Waals surface area contributed by atoms with Gasteiger partial charge in [0.2, 0.25) is 0 Å². The first-order valence-corrected chi connectivity index (χ1v) is 18.9. The number of rotatable bonds is 3. The molecule has 1 aliphatic carbocycles. The summed E-state index contributed by atoms with van der Waals surface area (Å²) in [7, 11) is -3.22. The van der Waals surface area contributed by atoms with Gasteiger partial charge in [0.05, 0.1) is 0 Å². The molecule has 1 saturated carbocycles. The zero-order valence-corrected chi connectivity index (χ0v) is 18.4. The van der Waals surface area contributed by atoms with Crippen LogP contribution in [0.2, 0.25) is 75.5 Å². The van der Waals surface area contributed by atoms with E-state index in [2.05, 4.69) is 72.8 Å². The maximum Gasteiger partial charge on any atom is 0.0476 e. The van der Waals surface area contributed by atoms with Crippen LogP contribution in [-0.4, -0.2) is 24.2 Å². The van der Waals surface area contributed by atoms with Crippen molar-refractivity contribution < 1.29 is 0 Å². The van der Waals surface area contributed by atoms with Crippen molar-refractivity contribution in [1.29, 1.82) is 0 Å². The molecular weight excluding hydrogens is 276 g/mol. The van der Waals surface area contributed by atoms with E-state index in [1.807, 2.05) is 0 Å². The van der Waals surface area contributed by atoms with Crippen LogP contribution in [-0.2, 0) is 0 Å². The van der Waals surface area contributed by atoms with E-state index in [1.165, 1.54) is 0 Å². The van der Waals surface area contributed by atoms with Crippen molar-refractivity contribution in [1.82, 2.24) is 0 Å². The van der Waals surface area contributed by atoms with E-state index in [1.54, 1.807) is 0 Å². The van der Waals surface area contributed by atoms with Crippen LogP contribution in [0.4, 0.5) is 0 Å². The normalized spacial score (nSPS) is 37.7. The Labute approximate surface area is 125 Å². The molecule has 0 aromatic rings. The minimum absolute atomic E-state index is 0.958. The van der Waals surface area contributed by atoms with Gasteiger partial charge in [-0.25, -0.2) is 0 Å². The molecule has 114 valence electrons. The number of hydrogen-bond acceptors (Lipinski definition) is 0. The minimum atomic E-state index is -1.08. The van der Waals surface area contributed by atoms with E-state index in [9.17, 15) is 0 Å². The first-order valence-electron chi connectivity index (χ1n) is 8.19.